The van der Waals surface area contributed by atoms with Crippen LogP contribution in [0.3, 0.4) is 0 Å². The lowest BCUT2D eigenvalue weighted by Crippen LogP contribution is -2.42. The summed E-state index contributed by atoms with van der Waals surface area (Å²) in [7, 11) is 0. The van der Waals surface area contributed by atoms with Crippen molar-refractivity contribution < 1.29 is 4.79 Å². The highest BCUT2D eigenvalue weighted by atomic mass is 35.5. The monoisotopic (exact) mass is 298 g/mol. The van der Waals surface area contributed by atoms with E-state index in [2.05, 4.69) is 5.32 Å². The van der Waals surface area contributed by atoms with E-state index in [1.54, 1.807) is 18.2 Å². The van der Waals surface area contributed by atoms with Gasteiger partial charge in [-0.05, 0) is 49.3 Å². The molecular weight excluding hydrogens is 283 g/mol. The van der Waals surface area contributed by atoms with E-state index in [9.17, 15) is 4.79 Å². The molecule has 0 heterocycles. The fourth-order valence-electron chi connectivity index (χ4n) is 3.53. The van der Waals surface area contributed by atoms with E-state index < -0.39 is 0 Å². The summed E-state index contributed by atoms with van der Waals surface area (Å²) in [6.45, 7) is 0. The lowest BCUT2D eigenvalue weighted by Gasteiger charge is -2.27. The molecule has 2 fully saturated rings. The van der Waals surface area contributed by atoms with Crippen LogP contribution in [0.25, 0.3) is 0 Å². The maximum atomic E-state index is 12.4. The molecule has 0 aliphatic heterocycles. The zero-order valence-electron chi connectivity index (χ0n) is 10.4. The van der Waals surface area contributed by atoms with Gasteiger partial charge in [0.1, 0.15) is 0 Å². The number of carbonyl (C=O) groups excluding carboxylic acids is 1. The van der Waals surface area contributed by atoms with Crippen LogP contribution in [0.15, 0.2) is 18.2 Å². The van der Waals surface area contributed by atoms with Gasteiger partial charge in [0.2, 0.25) is 5.91 Å². The van der Waals surface area contributed by atoms with Gasteiger partial charge >= 0.3 is 0 Å². The van der Waals surface area contributed by atoms with Crippen LogP contribution in [-0.2, 0) is 4.79 Å². The normalized spacial score (nSPS) is 32.6. The zero-order valence-corrected chi connectivity index (χ0v) is 11.9. The van der Waals surface area contributed by atoms with Crippen LogP contribution < -0.4 is 11.1 Å². The molecule has 3 N–H and O–H groups in total. The Bertz CT molecular complexity index is 518. The van der Waals surface area contributed by atoms with Crippen molar-refractivity contribution in [2.75, 3.05) is 5.32 Å². The third kappa shape index (κ3) is 2.35. The predicted molar refractivity (Wildman–Crippen MR) is 77.4 cm³/mol. The number of fused-ring (bicyclic) bond motifs is 2. The smallest absolute Gasteiger partial charge is 0.229 e. The van der Waals surface area contributed by atoms with Crippen molar-refractivity contribution in [2.45, 2.75) is 25.3 Å². The number of hydrogen-bond donors (Lipinski definition) is 2. The Morgan fingerprint density at radius 2 is 2.00 bits per heavy atom. The summed E-state index contributed by atoms with van der Waals surface area (Å²) in [6, 6.07) is 5.05. The molecule has 0 aromatic heterocycles. The number of amides is 1. The minimum absolute atomic E-state index is 0.00942. The average Bonchev–Trinajstić information content (AvgIpc) is 2.93. The van der Waals surface area contributed by atoms with Crippen LogP contribution in [-0.4, -0.2) is 11.9 Å². The van der Waals surface area contributed by atoms with E-state index in [-0.39, 0.29) is 17.9 Å². The summed E-state index contributed by atoms with van der Waals surface area (Å²) in [5, 5.41) is 3.90. The highest BCUT2D eigenvalue weighted by molar-refractivity contribution is 6.36. The molecule has 2 aliphatic rings. The maximum Gasteiger partial charge on any atom is 0.229 e. The molecular formula is C14H16Cl2N2O. The second-order valence-electron chi connectivity index (χ2n) is 5.55. The number of nitrogens with two attached hydrogens (primary N) is 1. The summed E-state index contributed by atoms with van der Waals surface area (Å²) < 4.78 is 0. The SMILES string of the molecule is NC1C2CCC(C2)C1C(=O)Nc1ccc(Cl)cc1Cl. The quantitative estimate of drug-likeness (QED) is 0.880. The molecule has 0 radical (unpaired) electrons. The van der Waals surface area contributed by atoms with Crippen LogP contribution in [0.1, 0.15) is 19.3 Å². The lowest BCUT2D eigenvalue weighted by molar-refractivity contribution is -0.121. The number of benzene rings is 1. The molecule has 3 nitrogen and oxygen atoms in total. The highest BCUT2D eigenvalue weighted by Gasteiger charge is 2.49. The van der Waals surface area contributed by atoms with E-state index in [1.807, 2.05) is 0 Å². The van der Waals surface area contributed by atoms with Crippen molar-refractivity contribution in [3.05, 3.63) is 28.2 Å². The summed E-state index contributed by atoms with van der Waals surface area (Å²) in [5.74, 6) is 0.863. The van der Waals surface area contributed by atoms with E-state index in [4.69, 9.17) is 28.9 Å². The first-order valence-corrected chi connectivity index (χ1v) is 7.33. The largest absolute Gasteiger partial charge is 0.327 e. The molecule has 4 atom stereocenters. The first kappa shape index (κ1) is 13.2. The fraction of sp³-hybridized carbons (Fsp3) is 0.500. The first-order chi connectivity index (χ1) is 9.06. The lowest BCUT2D eigenvalue weighted by atomic mass is 9.84. The van der Waals surface area contributed by atoms with Crippen LogP contribution in [0.5, 0.6) is 0 Å². The van der Waals surface area contributed by atoms with Crippen LogP contribution >= 0.6 is 23.2 Å². The van der Waals surface area contributed by atoms with E-state index >= 15 is 0 Å². The number of hydrogen-bond acceptors (Lipinski definition) is 2. The Hall–Kier alpha value is -0.770. The second-order valence-corrected chi connectivity index (χ2v) is 6.39. The van der Waals surface area contributed by atoms with Crippen LogP contribution in [0, 0.1) is 17.8 Å². The Balaban J connectivity index is 1.75. The van der Waals surface area contributed by atoms with E-state index in [0.29, 0.717) is 27.6 Å². The Morgan fingerprint density at radius 3 is 2.63 bits per heavy atom. The molecule has 19 heavy (non-hydrogen) atoms. The van der Waals surface area contributed by atoms with Crippen LogP contribution in [0.4, 0.5) is 5.69 Å². The highest BCUT2D eigenvalue weighted by Crippen LogP contribution is 2.48. The van der Waals surface area contributed by atoms with E-state index in [1.165, 1.54) is 0 Å². The Labute approximate surface area is 122 Å². The molecule has 5 heteroatoms. The molecule has 1 amide bonds. The molecule has 0 spiro atoms. The maximum absolute atomic E-state index is 12.4. The summed E-state index contributed by atoms with van der Waals surface area (Å²) in [4.78, 5) is 12.4. The van der Waals surface area contributed by atoms with Gasteiger partial charge in [-0.15, -0.1) is 0 Å². The number of nitrogens with one attached hydrogen (secondary N) is 1. The number of carbonyl (C=O) groups is 1. The third-order valence-corrected chi connectivity index (χ3v) is 5.02. The number of halogens is 2. The molecule has 2 saturated carbocycles. The standard InChI is InChI=1S/C14H16Cl2N2O/c15-9-3-4-11(10(16)6-9)18-14(19)12-7-1-2-8(5-7)13(12)17/h3-4,6-8,12-13H,1-2,5,17H2,(H,18,19). The van der Waals surface area contributed by atoms with Crippen molar-refractivity contribution >= 4 is 34.8 Å². The Kier molecular flexibility index (Phi) is 3.46. The fourth-order valence-corrected chi connectivity index (χ4v) is 3.99. The van der Waals surface area contributed by atoms with Crippen molar-refractivity contribution in [1.29, 1.82) is 0 Å². The Morgan fingerprint density at radius 1 is 1.26 bits per heavy atom. The molecule has 3 rings (SSSR count). The van der Waals surface area contributed by atoms with Crippen molar-refractivity contribution in [3.63, 3.8) is 0 Å². The van der Waals surface area contributed by atoms with Crippen molar-refractivity contribution in [2.24, 2.45) is 23.5 Å². The number of rotatable bonds is 2. The third-order valence-electron chi connectivity index (χ3n) is 4.47. The first-order valence-electron chi connectivity index (χ1n) is 6.58. The summed E-state index contributed by atoms with van der Waals surface area (Å²) >= 11 is 11.9. The van der Waals surface area contributed by atoms with E-state index in [0.717, 1.165) is 19.3 Å². The summed E-state index contributed by atoms with van der Waals surface area (Å²) in [5.41, 5.74) is 6.77. The summed E-state index contributed by atoms with van der Waals surface area (Å²) in [6.07, 6.45) is 3.37. The van der Waals surface area contributed by atoms with Crippen molar-refractivity contribution in [1.82, 2.24) is 0 Å². The molecule has 1 aromatic carbocycles. The molecule has 2 bridgehead atoms. The second kappa shape index (κ2) is 4.97. The minimum atomic E-state index is -0.0782. The number of anilines is 1. The molecule has 0 saturated heterocycles. The zero-order chi connectivity index (χ0) is 13.6. The van der Waals surface area contributed by atoms with Gasteiger partial charge in [-0.2, -0.15) is 0 Å². The molecule has 102 valence electrons. The molecule has 2 aliphatic carbocycles. The van der Waals surface area contributed by atoms with Gasteiger partial charge in [0, 0.05) is 11.1 Å². The van der Waals surface area contributed by atoms with Gasteiger partial charge in [0.15, 0.2) is 0 Å². The molecule has 1 aromatic rings. The average molecular weight is 299 g/mol. The van der Waals surface area contributed by atoms with Gasteiger partial charge in [-0.3, -0.25) is 4.79 Å². The minimum Gasteiger partial charge on any atom is -0.327 e. The van der Waals surface area contributed by atoms with Gasteiger partial charge in [-0.1, -0.05) is 23.2 Å². The predicted octanol–water partition coefficient (Wildman–Crippen LogP) is 3.31. The van der Waals surface area contributed by atoms with Gasteiger partial charge in [0.25, 0.3) is 0 Å². The van der Waals surface area contributed by atoms with Gasteiger partial charge in [0.05, 0.1) is 16.6 Å². The van der Waals surface area contributed by atoms with Gasteiger partial charge in [-0.25, -0.2) is 0 Å². The van der Waals surface area contributed by atoms with Gasteiger partial charge < -0.3 is 11.1 Å². The van der Waals surface area contributed by atoms with Crippen LogP contribution in [0.2, 0.25) is 10.0 Å². The topological polar surface area (TPSA) is 55.1 Å². The molecule has 4 unspecified atom stereocenters. The van der Waals surface area contributed by atoms with Crippen molar-refractivity contribution in [3.8, 4) is 0 Å².